The van der Waals surface area contributed by atoms with Crippen LogP contribution in [0.4, 0.5) is 0 Å². The average Bonchev–Trinajstić information content (AvgIpc) is 2.42. The number of oxime groups is 1. The number of hydrogen-bond donors (Lipinski definition) is 1. The van der Waals surface area contributed by atoms with E-state index in [4.69, 9.17) is 15.2 Å². The summed E-state index contributed by atoms with van der Waals surface area (Å²) in [6.07, 6.45) is 1.36. The van der Waals surface area contributed by atoms with Gasteiger partial charge in [-0.1, -0.05) is 12.1 Å². The van der Waals surface area contributed by atoms with Crippen molar-refractivity contribution in [1.29, 1.82) is 5.26 Å². The normalized spacial score (nSPS) is 12.0. The van der Waals surface area contributed by atoms with Crippen LogP contribution in [0.1, 0.15) is 39.2 Å². The summed E-state index contributed by atoms with van der Waals surface area (Å²) >= 11 is 0. The van der Waals surface area contributed by atoms with Gasteiger partial charge in [0, 0.05) is 0 Å². The third-order valence-electron chi connectivity index (χ3n) is 2.94. The van der Waals surface area contributed by atoms with Gasteiger partial charge in [0.05, 0.1) is 23.8 Å². The molecule has 0 bridgehead atoms. The average molecular weight is 260 g/mol. The molecule has 19 heavy (non-hydrogen) atoms. The highest BCUT2D eigenvalue weighted by Gasteiger charge is 2.16. The molecule has 0 saturated heterocycles. The second-order valence-corrected chi connectivity index (χ2v) is 5.02. The van der Waals surface area contributed by atoms with Crippen LogP contribution >= 0.6 is 0 Å². The zero-order chi connectivity index (χ0) is 14.3. The van der Waals surface area contributed by atoms with E-state index in [1.807, 2.05) is 45.0 Å². The highest BCUT2D eigenvalue weighted by molar-refractivity contribution is 6.00. The first kappa shape index (κ1) is 15.0. The maximum absolute atomic E-state index is 8.90. The van der Waals surface area contributed by atoms with Crippen LogP contribution in [0, 0.1) is 16.7 Å². The molecule has 0 unspecified atom stereocenters. The molecular weight excluding hydrogens is 240 g/mol. The molecule has 0 aliphatic carbocycles. The van der Waals surface area contributed by atoms with E-state index in [9.17, 15) is 0 Å². The lowest BCUT2D eigenvalue weighted by Crippen LogP contribution is -2.13. The topological polar surface area (TPSA) is 65.6 Å². The Labute approximate surface area is 114 Å². The maximum Gasteiger partial charge on any atom is 0.119 e. The first-order valence-corrected chi connectivity index (χ1v) is 6.38. The fourth-order valence-electron chi connectivity index (χ4n) is 1.56. The zero-order valence-electron chi connectivity index (χ0n) is 11.7. The number of ether oxygens (including phenoxy) is 1. The summed E-state index contributed by atoms with van der Waals surface area (Å²) in [4.78, 5) is 0. The minimum atomic E-state index is -0.362. The molecule has 0 fully saturated rings. The van der Waals surface area contributed by atoms with E-state index >= 15 is 0 Å². The second-order valence-electron chi connectivity index (χ2n) is 5.02. The first-order chi connectivity index (χ1) is 9.02. The standard InChI is InChI=1S/C15H20N2O2/c1-4-14(17-18)12-5-7-13(8-6-12)19-10-9-15(2,3)11-16/h5-8,18H,4,9-10H2,1-3H3. The van der Waals surface area contributed by atoms with Gasteiger partial charge in [0.1, 0.15) is 5.75 Å². The summed E-state index contributed by atoms with van der Waals surface area (Å²) in [7, 11) is 0. The second kappa shape index (κ2) is 6.79. The lowest BCUT2D eigenvalue weighted by Gasteiger charge is -2.15. The van der Waals surface area contributed by atoms with E-state index in [0.29, 0.717) is 25.2 Å². The predicted molar refractivity (Wildman–Crippen MR) is 74.6 cm³/mol. The van der Waals surface area contributed by atoms with Crippen molar-refractivity contribution >= 4 is 5.71 Å². The maximum atomic E-state index is 8.90. The van der Waals surface area contributed by atoms with Gasteiger partial charge in [0.15, 0.2) is 0 Å². The smallest absolute Gasteiger partial charge is 0.119 e. The van der Waals surface area contributed by atoms with Gasteiger partial charge >= 0.3 is 0 Å². The number of nitrogens with zero attached hydrogens (tertiary/aromatic N) is 2. The van der Waals surface area contributed by atoms with E-state index in [0.717, 1.165) is 11.3 Å². The molecule has 1 aromatic rings. The van der Waals surface area contributed by atoms with Crippen LogP contribution in [0.5, 0.6) is 5.75 Å². The van der Waals surface area contributed by atoms with Crippen LogP contribution in [0.25, 0.3) is 0 Å². The number of benzene rings is 1. The SMILES string of the molecule is CCC(=NO)c1ccc(OCCC(C)(C)C#N)cc1. The zero-order valence-corrected chi connectivity index (χ0v) is 11.7. The molecule has 0 amide bonds. The van der Waals surface area contributed by atoms with E-state index in [1.165, 1.54) is 0 Å². The van der Waals surface area contributed by atoms with E-state index < -0.39 is 0 Å². The molecule has 0 saturated carbocycles. The van der Waals surface area contributed by atoms with Gasteiger partial charge in [-0.2, -0.15) is 5.26 Å². The van der Waals surface area contributed by atoms with E-state index in [-0.39, 0.29) is 5.41 Å². The quantitative estimate of drug-likeness (QED) is 0.483. The van der Waals surface area contributed by atoms with Crippen LogP contribution in [0.2, 0.25) is 0 Å². The highest BCUT2D eigenvalue weighted by Crippen LogP contribution is 2.20. The minimum Gasteiger partial charge on any atom is -0.494 e. The molecule has 4 heteroatoms. The monoisotopic (exact) mass is 260 g/mol. The van der Waals surface area contributed by atoms with Gasteiger partial charge in [-0.05, 0) is 56.5 Å². The molecular formula is C15H20N2O2. The molecule has 0 aromatic heterocycles. The molecule has 4 nitrogen and oxygen atoms in total. The lowest BCUT2D eigenvalue weighted by atomic mass is 9.92. The molecule has 0 atom stereocenters. The number of hydrogen-bond acceptors (Lipinski definition) is 4. The Kier molecular flexibility index (Phi) is 5.37. The Morgan fingerprint density at radius 1 is 1.37 bits per heavy atom. The molecule has 0 spiro atoms. The van der Waals surface area contributed by atoms with E-state index in [2.05, 4.69) is 11.2 Å². The van der Waals surface area contributed by atoms with Crippen molar-refractivity contribution in [1.82, 2.24) is 0 Å². The van der Waals surface area contributed by atoms with Crippen molar-refractivity contribution in [3.63, 3.8) is 0 Å². The summed E-state index contributed by atoms with van der Waals surface area (Å²) < 4.78 is 5.59. The molecule has 102 valence electrons. The van der Waals surface area contributed by atoms with E-state index in [1.54, 1.807) is 0 Å². The summed E-state index contributed by atoms with van der Waals surface area (Å²) in [6.45, 7) is 6.23. The predicted octanol–water partition coefficient (Wildman–Crippen LogP) is 3.59. The molecule has 1 rings (SSSR count). The Morgan fingerprint density at radius 3 is 2.47 bits per heavy atom. The highest BCUT2D eigenvalue weighted by atomic mass is 16.5. The van der Waals surface area contributed by atoms with Gasteiger partial charge in [0.25, 0.3) is 0 Å². The van der Waals surface area contributed by atoms with Crippen LogP contribution in [0.15, 0.2) is 29.4 Å². The van der Waals surface area contributed by atoms with Crippen LogP contribution < -0.4 is 4.74 Å². The molecule has 0 aliphatic rings. The Balaban J connectivity index is 2.57. The van der Waals surface area contributed by atoms with Gasteiger partial charge in [-0.25, -0.2) is 0 Å². The van der Waals surface area contributed by atoms with Crippen molar-refractivity contribution in [2.45, 2.75) is 33.6 Å². The van der Waals surface area contributed by atoms with Gasteiger partial charge < -0.3 is 9.94 Å². The lowest BCUT2D eigenvalue weighted by molar-refractivity contribution is 0.264. The Morgan fingerprint density at radius 2 is 2.00 bits per heavy atom. The van der Waals surface area contributed by atoms with Gasteiger partial charge in [-0.15, -0.1) is 0 Å². The number of nitriles is 1. The molecule has 1 aromatic carbocycles. The molecule has 0 aliphatic heterocycles. The summed E-state index contributed by atoms with van der Waals surface area (Å²) in [5, 5.41) is 21.0. The fraction of sp³-hybridized carbons (Fsp3) is 0.467. The first-order valence-electron chi connectivity index (χ1n) is 6.38. The largest absolute Gasteiger partial charge is 0.494 e. The molecule has 1 N–H and O–H groups in total. The Hall–Kier alpha value is -2.02. The van der Waals surface area contributed by atoms with Crippen LogP contribution in [-0.4, -0.2) is 17.5 Å². The summed E-state index contributed by atoms with van der Waals surface area (Å²) in [5.74, 6) is 0.755. The summed E-state index contributed by atoms with van der Waals surface area (Å²) in [5.41, 5.74) is 1.17. The van der Waals surface area contributed by atoms with Crippen molar-refractivity contribution < 1.29 is 9.94 Å². The van der Waals surface area contributed by atoms with Crippen molar-refractivity contribution in [3.8, 4) is 11.8 Å². The van der Waals surface area contributed by atoms with Crippen molar-refractivity contribution in [2.24, 2.45) is 10.6 Å². The van der Waals surface area contributed by atoms with Crippen molar-refractivity contribution in [2.75, 3.05) is 6.61 Å². The van der Waals surface area contributed by atoms with Gasteiger partial charge in [-0.3, -0.25) is 0 Å². The third kappa shape index (κ3) is 4.63. The minimum absolute atomic E-state index is 0.362. The van der Waals surface area contributed by atoms with Crippen molar-refractivity contribution in [3.05, 3.63) is 29.8 Å². The van der Waals surface area contributed by atoms with Gasteiger partial charge in [0.2, 0.25) is 0 Å². The summed E-state index contributed by atoms with van der Waals surface area (Å²) in [6, 6.07) is 9.66. The Bertz CT molecular complexity index is 470. The third-order valence-corrected chi connectivity index (χ3v) is 2.94. The number of rotatable bonds is 6. The fourth-order valence-corrected chi connectivity index (χ4v) is 1.56. The van der Waals surface area contributed by atoms with Crippen LogP contribution in [-0.2, 0) is 0 Å². The van der Waals surface area contributed by atoms with Crippen LogP contribution in [0.3, 0.4) is 0 Å². The molecule has 0 radical (unpaired) electrons. The molecule has 0 heterocycles.